The molecule has 7 nitrogen and oxygen atoms in total. The quantitative estimate of drug-likeness (QED) is 0.636. The molecule has 0 radical (unpaired) electrons. The van der Waals surface area contributed by atoms with Crippen molar-refractivity contribution < 1.29 is 9.59 Å². The number of hydrogen-bond donors (Lipinski definition) is 3. The zero-order chi connectivity index (χ0) is 16.9. The molecular formula is C16H12ClN5O2. The van der Waals surface area contributed by atoms with Gasteiger partial charge < -0.3 is 0 Å². The number of nitrogens with zero attached hydrogens (tertiary/aromatic N) is 2. The van der Waals surface area contributed by atoms with Crippen molar-refractivity contribution in [1.82, 2.24) is 26.0 Å². The van der Waals surface area contributed by atoms with E-state index in [1.165, 1.54) is 6.20 Å². The second kappa shape index (κ2) is 6.93. The van der Waals surface area contributed by atoms with Crippen LogP contribution in [0, 0.1) is 0 Å². The van der Waals surface area contributed by atoms with Gasteiger partial charge in [0, 0.05) is 23.0 Å². The summed E-state index contributed by atoms with van der Waals surface area (Å²) in [6.07, 6.45) is 2.95. The molecule has 0 saturated carbocycles. The molecule has 0 fully saturated rings. The molecule has 0 bridgehead atoms. The third kappa shape index (κ3) is 3.58. The second-order valence-electron chi connectivity index (χ2n) is 4.82. The Hall–Kier alpha value is -3.19. The number of carbonyl (C=O) groups is 2. The van der Waals surface area contributed by atoms with Crippen LogP contribution in [0.5, 0.6) is 0 Å². The first-order valence-electron chi connectivity index (χ1n) is 6.95. The van der Waals surface area contributed by atoms with E-state index >= 15 is 0 Å². The lowest BCUT2D eigenvalue weighted by Crippen LogP contribution is -2.41. The second-order valence-corrected chi connectivity index (χ2v) is 5.26. The highest BCUT2D eigenvalue weighted by atomic mass is 35.5. The summed E-state index contributed by atoms with van der Waals surface area (Å²) in [5, 5.41) is 7.31. The van der Waals surface area contributed by atoms with Crippen LogP contribution in [0.15, 0.2) is 54.9 Å². The summed E-state index contributed by atoms with van der Waals surface area (Å²) in [5.41, 5.74) is 6.58. The summed E-state index contributed by atoms with van der Waals surface area (Å²) in [6.45, 7) is 0. The maximum atomic E-state index is 12.0. The number of carbonyl (C=O) groups excluding carboxylic acids is 2. The molecule has 0 aliphatic heterocycles. The molecule has 3 rings (SSSR count). The van der Waals surface area contributed by atoms with Gasteiger partial charge in [-0.15, -0.1) is 0 Å². The minimum absolute atomic E-state index is 0.214. The van der Waals surface area contributed by atoms with Crippen LogP contribution < -0.4 is 10.9 Å². The standard InChI is InChI=1S/C16H12ClN5O2/c17-12-5-3-10(4-6-12)13-8-14(20-19-13)16(24)22-21-15(23)11-2-1-7-18-9-11/h1-9H,(H,19,20)(H,21,23)(H,22,24). The smallest absolute Gasteiger partial charge is 0.272 e. The van der Waals surface area contributed by atoms with Crippen molar-refractivity contribution in [2.24, 2.45) is 0 Å². The van der Waals surface area contributed by atoms with Gasteiger partial charge in [0.1, 0.15) is 5.69 Å². The Balaban J connectivity index is 1.64. The van der Waals surface area contributed by atoms with Gasteiger partial charge in [-0.2, -0.15) is 5.10 Å². The largest absolute Gasteiger partial charge is 0.287 e. The lowest BCUT2D eigenvalue weighted by Gasteiger charge is -2.05. The van der Waals surface area contributed by atoms with Gasteiger partial charge in [-0.1, -0.05) is 23.7 Å². The average molecular weight is 342 g/mol. The van der Waals surface area contributed by atoms with E-state index in [0.29, 0.717) is 16.3 Å². The summed E-state index contributed by atoms with van der Waals surface area (Å²) in [6, 6.07) is 11.9. The van der Waals surface area contributed by atoms with Crippen LogP contribution in [-0.2, 0) is 0 Å². The van der Waals surface area contributed by atoms with Crippen molar-refractivity contribution in [2.75, 3.05) is 0 Å². The Morgan fingerprint density at radius 3 is 2.50 bits per heavy atom. The number of amides is 2. The number of aromatic nitrogens is 3. The van der Waals surface area contributed by atoms with Crippen molar-refractivity contribution in [3.63, 3.8) is 0 Å². The normalized spacial score (nSPS) is 10.2. The van der Waals surface area contributed by atoms with Gasteiger partial charge >= 0.3 is 0 Å². The number of nitrogens with one attached hydrogen (secondary N) is 3. The number of halogens is 1. The summed E-state index contributed by atoms with van der Waals surface area (Å²) >= 11 is 5.84. The van der Waals surface area contributed by atoms with Crippen LogP contribution in [0.2, 0.25) is 5.02 Å². The van der Waals surface area contributed by atoms with E-state index in [4.69, 9.17) is 11.6 Å². The van der Waals surface area contributed by atoms with Crippen molar-refractivity contribution in [2.45, 2.75) is 0 Å². The number of pyridine rings is 1. The molecule has 3 N–H and O–H groups in total. The van der Waals surface area contributed by atoms with E-state index in [1.54, 1.807) is 48.7 Å². The number of rotatable bonds is 3. The molecule has 2 aromatic heterocycles. The molecule has 2 heterocycles. The molecular weight excluding hydrogens is 330 g/mol. The first kappa shape index (κ1) is 15.7. The van der Waals surface area contributed by atoms with E-state index in [-0.39, 0.29) is 5.69 Å². The fourth-order valence-corrected chi connectivity index (χ4v) is 2.08. The van der Waals surface area contributed by atoms with Gasteiger partial charge in [0.15, 0.2) is 0 Å². The molecule has 1 aromatic carbocycles. The maximum Gasteiger partial charge on any atom is 0.287 e. The molecule has 2 amide bonds. The molecule has 120 valence electrons. The van der Waals surface area contributed by atoms with E-state index in [2.05, 4.69) is 26.0 Å². The summed E-state index contributed by atoms with van der Waals surface area (Å²) in [7, 11) is 0. The van der Waals surface area contributed by atoms with Crippen molar-refractivity contribution in [3.8, 4) is 11.3 Å². The first-order valence-corrected chi connectivity index (χ1v) is 7.33. The third-order valence-electron chi connectivity index (χ3n) is 3.18. The Morgan fingerprint density at radius 1 is 1.04 bits per heavy atom. The summed E-state index contributed by atoms with van der Waals surface area (Å²) in [4.78, 5) is 27.7. The highest BCUT2D eigenvalue weighted by molar-refractivity contribution is 6.30. The Labute approximate surface area is 142 Å². The van der Waals surface area contributed by atoms with E-state index < -0.39 is 11.8 Å². The van der Waals surface area contributed by atoms with E-state index in [0.717, 1.165) is 5.56 Å². The lowest BCUT2D eigenvalue weighted by molar-refractivity contribution is 0.0843. The van der Waals surface area contributed by atoms with Crippen molar-refractivity contribution in [3.05, 3.63) is 71.1 Å². The molecule has 0 aliphatic rings. The Morgan fingerprint density at radius 2 is 1.79 bits per heavy atom. The van der Waals surface area contributed by atoms with Crippen LogP contribution in [0.4, 0.5) is 0 Å². The summed E-state index contributed by atoms with van der Waals surface area (Å²) in [5.74, 6) is -0.978. The fraction of sp³-hybridized carbons (Fsp3) is 0. The molecule has 0 atom stereocenters. The van der Waals surface area contributed by atoms with Gasteiger partial charge in [-0.25, -0.2) is 0 Å². The number of aromatic amines is 1. The van der Waals surface area contributed by atoms with Crippen LogP contribution >= 0.6 is 11.6 Å². The molecule has 0 aliphatic carbocycles. The van der Waals surface area contributed by atoms with Gasteiger partial charge in [0.25, 0.3) is 11.8 Å². The molecule has 0 spiro atoms. The first-order chi connectivity index (χ1) is 11.6. The molecule has 24 heavy (non-hydrogen) atoms. The highest BCUT2D eigenvalue weighted by Gasteiger charge is 2.12. The Kier molecular flexibility index (Phi) is 4.53. The highest BCUT2D eigenvalue weighted by Crippen LogP contribution is 2.20. The predicted octanol–water partition coefficient (Wildman–Crippen LogP) is 2.20. The number of benzene rings is 1. The topological polar surface area (TPSA) is 99.8 Å². The minimum Gasteiger partial charge on any atom is -0.272 e. The average Bonchev–Trinajstić information content (AvgIpc) is 3.11. The van der Waals surface area contributed by atoms with Gasteiger partial charge in [0.05, 0.1) is 11.3 Å². The van der Waals surface area contributed by atoms with Gasteiger partial charge in [0.2, 0.25) is 0 Å². The lowest BCUT2D eigenvalue weighted by atomic mass is 10.1. The monoisotopic (exact) mass is 341 g/mol. The van der Waals surface area contributed by atoms with Crippen molar-refractivity contribution in [1.29, 1.82) is 0 Å². The summed E-state index contributed by atoms with van der Waals surface area (Å²) < 4.78 is 0. The minimum atomic E-state index is -0.514. The molecule has 0 saturated heterocycles. The Bertz CT molecular complexity index is 862. The van der Waals surface area contributed by atoms with Gasteiger partial charge in [-0.3, -0.25) is 30.5 Å². The van der Waals surface area contributed by atoms with Crippen LogP contribution in [-0.4, -0.2) is 27.0 Å². The fourth-order valence-electron chi connectivity index (χ4n) is 1.96. The molecule has 8 heteroatoms. The zero-order valence-electron chi connectivity index (χ0n) is 12.3. The number of hydrogen-bond acceptors (Lipinski definition) is 4. The SMILES string of the molecule is O=C(NNC(=O)c1cc(-c2ccc(Cl)cc2)n[nH]1)c1cccnc1. The van der Waals surface area contributed by atoms with Crippen LogP contribution in [0.1, 0.15) is 20.8 Å². The number of hydrazine groups is 1. The zero-order valence-corrected chi connectivity index (χ0v) is 13.0. The van der Waals surface area contributed by atoms with E-state index in [1.807, 2.05) is 0 Å². The number of H-pyrrole nitrogens is 1. The third-order valence-corrected chi connectivity index (χ3v) is 3.43. The van der Waals surface area contributed by atoms with Crippen LogP contribution in [0.25, 0.3) is 11.3 Å². The van der Waals surface area contributed by atoms with Gasteiger partial charge in [-0.05, 0) is 30.3 Å². The predicted molar refractivity (Wildman–Crippen MR) is 88.2 cm³/mol. The molecule has 0 unspecified atom stereocenters. The van der Waals surface area contributed by atoms with E-state index in [9.17, 15) is 9.59 Å². The maximum absolute atomic E-state index is 12.0. The molecule has 3 aromatic rings. The van der Waals surface area contributed by atoms with Crippen molar-refractivity contribution >= 4 is 23.4 Å². The van der Waals surface area contributed by atoms with Crippen LogP contribution in [0.3, 0.4) is 0 Å².